The van der Waals surface area contributed by atoms with Gasteiger partial charge in [-0.15, -0.1) is 0 Å². The molecule has 0 saturated carbocycles. The molecule has 0 aliphatic carbocycles. The lowest BCUT2D eigenvalue weighted by atomic mass is 10.3. The van der Waals surface area contributed by atoms with Crippen molar-refractivity contribution in [1.82, 2.24) is 14.9 Å². The van der Waals surface area contributed by atoms with Gasteiger partial charge in [0.05, 0.1) is 6.33 Å². The standard InChI is InChI=1S/C10H17N3/c1-3-4-5-12-10(2)8-13-7-6-11-9-13/h3-4,6-7,9-10,12H,5,8H2,1-2H3/b4-3+. The molecule has 1 atom stereocenters. The third-order valence-corrected chi connectivity index (χ3v) is 1.86. The quantitative estimate of drug-likeness (QED) is 0.693. The molecule has 3 nitrogen and oxygen atoms in total. The number of allylic oxidation sites excluding steroid dienone is 1. The predicted molar refractivity (Wildman–Crippen MR) is 54.5 cm³/mol. The summed E-state index contributed by atoms with van der Waals surface area (Å²) < 4.78 is 2.08. The van der Waals surface area contributed by atoms with Gasteiger partial charge in [-0.1, -0.05) is 12.2 Å². The van der Waals surface area contributed by atoms with Gasteiger partial charge >= 0.3 is 0 Å². The van der Waals surface area contributed by atoms with Gasteiger partial charge in [0.15, 0.2) is 0 Å². The summed E-state index contributed by atoms with van der Waals surface area (Å²) in [6.07, 6.45) is 9.79. The predicted octanol–water partition coefficient (Wildman–Crippen LogP) is 1.44. The Morgan fingerprint density at radius 3 is 3.08 bits per heavy atom. The number of hydrogen-bond donors (Lipinski definition) is 1. The Morgan fingerprint density at radius 1 is 1.62 bits per heavy atom. The fourth-order valence-corrected chi connectivity index (χ4v) is 1.16. The van der Waals surface area contributed by atoms with E-state index in [4.69, 9.17) is 0 Å². The molecule has 0 spiro atoms. The maximum Gasteiger partial charge on any atom is 0.0946 e. The van der Waals surface area contributed by atoms with Crippen molar-refractivity contribution in [3.8, 4) is 0 Å². The largest absolute Gasteiger partial charge is 0.336 e. The second-order valence-corrected chi connectivity index (χ2v) is 3.14. The summed E-state index contributed by atoms with van der Waals surface area (Å²) in [5.41, 5.74) is 0. The zero-order valence-corrected chi connectivity index (χ0v) is 8.27. The third-order valence-electron chi connectivity index (χ3n) is 1.86. The molecular weight excluding hydrogens is 162 g/mol. The average molecular weight is 179 g/mol. The van der Waals surface area contributed by atoms with E-state index in [9.17, 15) is 0 Å². The highest BCUT2D eigenvalue weighted by Gasteiger charge is 1.99. The molecule has 13 heavy (non-hydrogen) atoms. The van der Waals surface area contributed by atoms with Gasteiger partial charge in [-0.05, 0) is 13.8 Å². The van der Waals surface area contributed by atoms with Crippen LogP contribution in [0.2, 0.25) is 0 Å². The smallest absolute Gasteiger partial charge is 0.0946 e. The number of aromatic nitrogens is 2. The van der Waals surface area contributed by atoms with E-state index < -0.39 is 0 Å². The van der Waals surface area contributed by atoms with E-state index in [1.807, 2.05) is 19.4 Å². The molecule has 1 aromatic rings. The summed E-state index contributed by atoms with van der Waals surface area (Å²) in [6.45, 7) is 6.11. The van der Waals surface area contributed by atoms with Gasteiger partial charge in [0, 0.05) is 31.5 Å². The number of nitrogens with one attached hydrogen (secondary N) is 1. The highest BCUT2D eigenvalue weighted by atomic mass is 15.1. The Bertz CT molecular complexity index is 239. The molecule has 1 heterocycles. The second kappa shape index (κ2) is 5.54. The second-order valence-electron chi connectivity index (χ2n) is 3.14. The van der Waals surface area contributed by atoms with E-state index in [-0.39, 0.29) is 0 Å². The van der Waals surface area contributed by atoms with Gasteiger partial charge in [-0.25, -0.2) is 4.98 Å². The summed E-state index contributed by atoms with van der Waals surface area (Å²) in [4.78, 5) is 3.99. The normalized spacial score (nSPS) is 13.7. The molecule has 0 aliphatic heterocycles. The molecule has 3 heteroatoms. The van der Waals surface area contributed by atoms with Crippen molar-refractivity contribution in [2.45, 2.75) is 26.4 Å². The Morgan fingerprint density at radius 2 is 2.46 bits per heavy atom. The minimum Gasteiger partial charge on any atom is -0.336 e. The van der Waals surface area contributed by atoms with Crippen LogP contribution >= 0.6 is 0 Å². The van der Waals surface area contributed by atoms with Crippen LogP contribution in [0.3, 0.4) is 0 Å². The van der Waals surface area contributed by atoms with E-state index in [0.29, 0.717) is 6.04 Å². The van der Waals surface area contributed by atoms with Gasteiger partial charge < -0.3 is 9.88 Å². The summed E-state index contributed by atoms with van der Waals surface area (Å²) in [5, 5.41) is 3.39. The molecule has 1 N–H and O–H groups in total. The maximum absolute atomic E-state index is 3.99. The molecule has 0 aromatic carbocycles. The third kappa shape index (κ3) is 3.90. The van der Waals surface area contributed by atoms with Crippen LogP contribution in [0.1, 0.15) is 13.8 Å². The van der Waals surface area contributed by atoms with E-state index >= 15 is 0 Å². The maximum atomic E-state index is 3.99. The average Bonchev–Trinajstić information content (AvgIpc) is 2.57. The Labute approximate surface area is 79.5 Å². The minimum absolute atomic E-state index is 0.477. The van der Waals surface area contributed by atoms with E-state index in [1.165, 1.54) is 0 Å². The molecule has 72 valence electrons. The van der Waals surface area contributed by atoms with Crippen molar-refractivity contribution < 1.29 is 0 Å². The lowest BCUT2D eigenvalue weighted by Gasteiger charge is -2.12. The highest BCUT2D eigenvalue weighted by Crippen LogP contribution is 1.90. The van der Waals surface area contributed by atoms with Crippen LogP contribution < -0.4 is 5.32 Å². The van der Waals surface area contributed by atoms with Crippen LogP contribution in [0.4, 0.5) is 0 Å². The zero-order chi connectivity index (χ0) is 9.52. The minimum atomic E-state index is 0.477. The number of nitrogens with zero attached hydrogens (tertiary/aromatic N) is 2. The van der Waals surface area contributed by atoms with Gasteiger partial charge in [0.25, 0.3) is 0 Å². The van der Waals surface area contributed by atoms with Gasteiger partial charge in [0.2, 0.25) is 0 Å². The van der Waals surface area contributed by atoms with E-state index in [1.54, 1.807) is 6.20 Å². The molecule has 0 bridgehead atoms. The van der Waals surface area contributed by atoms with Crippen LogP contribution in [0.5, 0.6) is 0 Å². The molecule has 1 aromatic heterocycles. The molecule has 0 aliphatic rings. The highest BCUT2D eigenvalue weighted by molar-refractivity contribution is 4.82. The molecular formula is C10H17N3. The summed E-state index contributed by atoms with van der Waals surface area (Å²) in [5.74, 6) is 0. The van der Waals surface area contributed by atoms with Crippen molar-refractivity contribution in [2.75, 3.05) is 6.54 Å². The van der Waals surface area contributed by atoms with Gasteiger partial charge in [0.1, 0.15) is 0 Å². The molecule has 0 saturated heterocycles. The van der Waals surface area contributed by atoms with Crippen LogP contribution in [-0.4, -0.2) is 22.1 Å². The number of hydrogen-bond acceptors (Lipinski definition) is 2. The van der Waals surface area contributed by atoms with Crippen molar-refractivity contribution in [3.05, 3.63) is 30.9 Å². The Balaban J connectivity index is 2.21. The fraction of sp³-hybridized carbons (Fsp3) is 0.500. The van der Waals surface area contributed by atoms with Crippen molar-refractivity contribution >= 4 is 0 Å². The van der Waals surface area contributed by atoms with Gasteiger partial charge in [-0.3, -0.25) is 0 Å². The summed E-state index contributed by atoms with van der Waals surface area (Å²) in [7, 11) is 0. The lowest BCUT2D eigenvalue weighted by molar-refractivity contribution is 0.498. The number of imidazole rings is 1. The molecule has 1 rings (SSSR count). The first-order valence-corrected chi connectivity index (χ1v) is 4.63. The van der Waals surface area contributed by atoms with E-state index in [0.717, 1.165) is 13.1 Å². The monoisotopic (exact) mass is 179 g/mol. The first-order chi connectivity index (χ1) is 6.33. The van der Waals surface area contributed by atoms with Gasteiger partial charge in [-0.2, -0.15) is 0 Å². The summed E-state index contributed by atoms with van der Waals surface area (Å²) >= 11 is 0. The molecule has 0 fully saturated rings. The van der Waals surface area contributed by atoms with Crippen LogP contribution in [0, 0.1) is 0 Å². The Hall–Kier alpha value is -1.09. The fourth-order valence-electron chi connectivity index (χ4n) is 1.16. The lowest BCUT2D eigenvalue weighted by Crippen LogP contribution is -2.30. The van der Waals surface area contributed by atoms with Crippen molar-refractivity contribution in [2.24, 2.45) is 0 Å². The zero-order valence-electron chi connectivity index (χ0n) is 8.27. The number of rotatable bonds is 5. The van der Waals surface area contributed by atoms with Crippen LogP contribution in [0.15, 0.2) is 30.9 Å². The van der Waals surface area contributed by atoms with Crippen LogP contribution in [-0.2, 0) is 6.54 Å². The molecule has 0 radical (unpaired) electrons. The molecule has 1 unspecified atom stereocenters. The SMILES string of the molecule is C/C=C/CNC(C)Cn1ccnc1. The summed E-state index contributed by atoms with van der Waals surface area (Å²) in [6, 6.07) is 0.477. The topological polar surface area (TPSA) is 29.9 Å². The van der Waals surface area contributed by atoms with Crippen molar-refractivity contribution in [1.29, 1.82) is 0 Å². The van der Waals surface area contributed by atoms with Crippen molar-refractivity contribution in [3.63, 3.8) is 0 Å². The molecule has 0 amide bonds. The first kappa shape index (κ1) is 9.99. The van der Waals surface area contributed by atoms with E-state index in [2.05, 4.69) is 33.9 Å². The Kier molecular flexibility index (Phi) is 4.26. The van der Waals surface area contributed by atoms with Crippen LogP contribution in [0.25, 0.3) is 0 Å². The first-order valence-electron chi connectivity index (χ1n) is 4.63.